The van der Waals surface area contributed by atoms with Crippen molar-refractivity contribution >= 4 is 22.1 Å². The van der Waals surface area contributed by atoms with Crippen molar-refractivity contribution in [3.05, 3.63) is 65.4 Å². The Hall–Kier alpha value is -1.92. The minimum Gasteiger partial charge on any atom is -0.259 e. The summed E-state index contributed by atoms with van der Waals surface area (Å²) >= 11 is 1.49. The zero-order valence-electron chi connectivity index (χ0n) is 11.9. The van der Waals surface area contributed by atoms with Crippen LogP contribution in [-0.2, 0) is 23.0 Å². The number of aromatic nitrogens is 3. The van der Waals surface area contributed by atoms with Crippen LogP contribution < -0.4 is 0 Å². The molecule has 0 bridgehead atoms. The Kier molecular flexibility index (Phi) is 5.03. The molecular weight excluding hydrogens is 314 g/mol. The lowest BCUT2D eigenvalue weighted by molar-refractivity contribution is 0.681. The molecule has 2 aromatic heterocycles. The SMILES string of the molecule is O=S(CCc1ccccc1)Cc1csc(-c2ncccn2)n1. The van der Waals surface area contributed by atoms with Crippen LogP contribution >= 0.6 is 11.3 Å². The van der Waals surface area contributed by atoms with E-state index in [1.54, 1.807) is 18.5 Å². The van der Waals surface area contributed by atoms with Gasteiger partial charge in [0.25, 0.3) is 0 Å². The average molecular weight is 329 g/mol. The lowest BCUT2D eigenvalue weighted by atomic mass is 10.2. The highest BCUT2D eigenvalue weighted by Crippen LogP contribution is 2.20. The van der Waals surface area contributed by atoms with Crippen LogP contribution in [0.4, 0.5) is 0 Å². The van der Waals surface area contributed by atoms with Crippen molar-refractivity contribution in [1.29, 1.82) is 0 Å². The number of nitrogens with zero attached hydrogens (tertiary/aromatic N) is 3. The summed E-state index contributed by atoms with van der Waals surface area (Å²) in [6.45, 7) is 0. The maximum Gasteiger partial charge on any atom is 0.188 e. The molecule has 0 fully saturated rings. The largest absolute Gasteiger partial charge is 0.259 e. The van der Waals surface area contributed by atoms with Gasteiger partial charge >= 0.3 is 0 Å². The summed E-state index contributed by atoms with van der Waals surface area (Å²) in [6.07, 6.45) is 4.22. The molecule has 0 aliphatic heterocycles. The van der Waals surface area contributed by atoms with Gasteiger partial charge in [-0.2, -0.15) is 0 Å². The molecule has 2 heterocycles. The van der Waals surface area contributed by atoms with Gasteiger partial charge in [0.05, 0.1) is 11.4 Å². The normalized spacial score (nSPS) is 12.2. The standard InChI is InChI=1S/C16H15N3OS2/c20-22(10-7-13-5-2-1-3-6-13)12-14-11-21-16(19-14)15-17-8-4-9-18-15/h1-6,8-9,11H,7,10,12H2. The molecule has 0 spiro atoms. The van der Waals surface area contributed by atoms with Crippen LogP contribution in [0.2, 0.25) is 0 Å². The van der Waals surface area contributed by atoms with E-state index in [0.717, 1.165) is 17.1 Å². The minimum atomic E-state index is -0.911. The molecule has 0 aliphatic rings. The molecular formula is C16H15N3OS2. The van der Waals surface area contributed by atoms with Gasteiger partial charge in [0.2, 0.25) is 0 Å². The van der Waals surface area contributed by atoms with Crippen molar-refractivity contribution in [2.24, 2.45) is 0 Å². The van der Waals surface area contributed by atoms with Crippen LogP contribution in [-0.4, -0.2) is 24.9 Å². The van der Waals surface area contributed by atoms with E-state index >= 15 is 0 Å². The van der Waals surface area contributed by atoms with E-state index < -0.39 is 10.8 Å². The fourth-order valence-electron chi connectivity index (χ4n) is 2.00. The summed E-state index contributed by atoms with van der Waals surface area (Å²) in [5, 5.41) is 2.71. The second kappa shape index (κ2) is 7.38. The van der Waals surface area contributed by atoms with E-state index in [2.05, 4.69) is 27.1 Å². The average Bonchev–Trinajstić information content (AvgIpc) is 3.03. The van der Waals surface area contributed by atoms with Crippen LogP contribution in [0, 0.1) is 0 Å². The lowest BCUT2D eigenvalue weighted by Gasteiger charge is -2.01. The van der Waals surface area contributed by atoms with E-state index in [9.17, 15) is 4.21 Å². The quantitative estimate of drug-likeness (QED) is 0.697. The summed E-state index contributed by atoms with van der Waals surface area (Å²) in [5.41, 5.74) is 2.06. The summed E-state index contributed by atoms with van der Waals surface area (Å²) in [6, 6.07) is 11.9. The highest BCUT2D eigenvalue weighted by atomic mass is 32.2. The molecule has 112 valence electrons. The van der Waals surface area contributed by atoms with Crippen molar-refractivity contribution in [3.8, 4) is 10.8 Å². The third-order valence-electron chi connectivity index (χ3n) is 3.08. The molecule has 3 aromatic rings. The van der Waals surface area contributed by atoms with Crippen LogP contribution in [0.25, 0.3) is 10.8 Å². The van der Waals surface area contributed by atoms with Crippen molar-refractivity contribution in [2.45, 2.75) is 12.2 Å². The smallest absolute Gasteiger partial charge is 0.188 e. The zero-order valence-corrected chi connectivity index (χ0v) is 13.5. The number of aryl methyl sites for hydroxylation is 1. The topological polar surface area (TPSA) is 55.7 Å². The molecule has 0 aliphatic carbocycles. The fraction of sp³-hybridized carbons (Fsp3) is 0.188. The molecule has 1 aromatic carbocycles. The van der Waals surface area contributed by atoms with Gasteiger partial charge in [-0.1, -0.05) is 30.3 Å². The van der Waals surface area contributed by atoms with Crippen molar-refractivity contribution < 1.29 is 4.21 Å². The van der Waals surface area contributed by atoms with E-state index in [1.807, 2.05) is 23.6 Å². The highest BCUT2D eigenvalue weighted by molar-refractivity contribution is 7.84. The van der Waals surface area contributed by atoms with Crippen LogP contribution in [0.1, 0.15) is 11.3 Å². The molecule has 6 heteroatoms. The van der Waals surface area contributed by atoms with Gasteiger partial charge in [0.15, 0.2) is 10.8 Å². The Morgan fingerprint density at radius 3 is 2.59 bits per heavy atom. The Morgan fingerprint density at radius 1 is 1.05 bits per heavy atom. The van der Waals surface area contributed by atoms with E-state index in [1.165, 1.54) is 16.9 Å². The third-order valence-corrected chi connectivity index (χ3v) is 5.24. The maximum atomic E-state index is 12.2. The van der Waals surface area contributed by atoms with Gasteiger partial charge in [0.1, 0.15) is 0 Å². The van der Waals surface area contributed by atoms with Crippen molar-refractivity contribution in [1.82, 2.24) is 15.0 Å². The molecule has 22 heavy (non-hydrogen) atoms. The first-order valence-electron chi connectivity index (χ1n) is 6.92. The number of hydrogen-bond acceptors (Lipinski definition) is 5. The Balaban J connectivity index is 1.57. The van der Waals surface area contributed by atoms with Crippen molar-refractivity contribution in [2.75, 3.05) is 5.75 Å². The van der Waals surface area contributed by atoms with Crippen molar-refractivity contribution in [3.63, 3.8) is 0 Å². The molecule has 1 unspecified atom stereocenters. The van der Waals surface area contributed by atoms with Gasteiger partial charge in [-0.05, 0) is 18.1 Å². The number of rotatable bonds is 6. The van der Waals surface area contributed by atoms with E-state index in [-0.39, 0.29) is 0 Å². The predicted molar refractivity (Wildman–Crippen MR) is 90.0 cm³/mol. The van der Waals surface area contributed by atoms with E-state index in [0.29, 0.717) is 17.3 Å². The third kappa shape index (κ3) is 4.05. The van der Waals surface area contributed by atoms with Crippen LogP contribution in [0.3, 0.4) is 0 Å². The molecule has 3 rings (SSSR count). The van der Waals surface area contributed by atoms with Gasteiger partial charge in [-0.15, -0.1) is 11.3 Å². The number of thiazole rings is 1. The molecule has 4 nitrogen and oxygen atoms in total. The monoisotopic (exact) mass is 329 g/mol. The van der Waals surface area contributed by atoms with Crippen LogP contribution in [0.15, 0.2) is 54.2 Å². The lowest BCUT2D eigenvalue weighted by Crippen LogP contribution is -2.04. The van der Waals surface area contributed by atoms with Gasteiger partial charge in [-0.25, -0.2) is 15.0 Å². The second-order valence-electron chi connectivity index (χ2n) is 4.74. The fourth-order valence-corrected chi connectivity index (χ4v) is 3.95. The Morgan fingerprint density at radius 2 is 1.82 bits per heavy atom. The molecule has 0 saturated heterocycles. The number of hydrogen-bond donors (Lipinski definition) is 0. The zero-order chi connectivity index (χ0) is 15.2. The number of benzene rings is 1. The van der Waals surface area contributed by atoms with Gasteiger partial charge in [-0.3, -0.25) is 4.21 Å². The first kappa shape index (κ1) is 15.0. The molecule has 0 saturated carbocycles. The van der Waals surface area contributed by atoms with Crippen LogP contribution in [0.5, 0.6) is 0 Å². The second-order valence-corrected chi connectivity index (χ2v) is 7.17. The summed E-state index contributed by atoms with van der Waals surface area (Å²) in [4.78, 5) is 12.8. The Bertz CT molecular complexity index is 744. The summed E-state index contributed by atoms with van der Waals surface area (Å²) in [7, 11) is -0.911. The first-order valence-corrected chi connectivity index (χ1v) is 9.29. The molecule has 0 radical (unpaired) electrons. The Labute approximate surface area is 135 Å². The predicted octanol–water partition coefficient (Wildman–Crippen LogP) is 3.09. The summed E-state index contributed by atoms with van der Waals surface area (Å²) < 4.78 is 12.2. The minimum absolute atomic E-state index is 0.482. The first-order chi connectivity index (χ1) is 10.8. The van der Waals surface area contributed by atoms with Gasteiger partial charge < -0.3 is 0 Å². The molecule has 0 amide bonds. The van der Waals surface area contributed by atoms with E-state index in [4.69, 9.17) is 0 Å². The highest BCUT2D eigenvalue weighted by Gasteiger charge is 2.09. The maximum absolute atomic E-state index is 12.2. The molecule has 0 N–H and O–H groups in total. The molecule has 1 atom stereocenters. The van der Waals surface area contributed by atoms with Gasteiger partial charge in [0, 0.05) is 34.3 Å². The summed E-state index contributed by atoms with van der Waals surface area (Å²) in [5.74, 6) is 1.75.